The lowest BCUT2D eigenvalue weighted by Gasteiger charge is -2.43. The van der Waals surface area contributed by atoms with E-state index < -0.39 is 90.2 Å². The number of benzene rings is 5. The summed E-state index contributed by atoms with van der Waals surface area (Å²) in [6.45, 7) is 11.8. The largest absolute Gasteiger partial charge is 0.494 e. The first-order chi connectivity index (χ1) is 53.5. The Balaban J connectivity index is 0.858. The van der Waals surface area contributed by atoms with E-state index in [1.165, 1.54) is 43.5 Å². The Labute approximate surface area is 642 Å². The van der Waals surface area contributed by atoms with Gasteiger partial charge in [0.05, 0.1) is 69.6 Å². The van der Waals surface area contributed by atoms with Gasteiger partial charge < -0.3 is 78.3 Å². The Morgan fingerprint density at radius 2 is 1.16 bits per heavy atom. The molecule has 4 aromatic heterocycles. The summed E-state index contributed by atoms with van der Waals surface area (Å²) < 4.78 is 58.9. The third-order valence-electron chi connectivity index (χ3n) is 18.6. The number of methoxy groups -OCH3 is 2. The van der Waals surface area contributed by atoms with Crippen molar-refractivity contribution in [1.82, 2.24) is 44.0 Å². The van der Waals surface area contributed by atoms with Crippen molar-refractivity contribution < 1.29 is 95.1 Å². The topological polar surface area (TPSA) is 425 Å². The van der Waals surface area contributed by atoms with Gasteiger partial charge in [0.2, 0.25) is 42.0 Å². The molecule has 34 heteroatoms. The fraction of sp³-hybridized carbons (Fsp3) is 0.359. The van der Waals surface area contributed by atoms with Crippen LogP contribution in [-0.2, 0) is 85.1 Å². The van der Waals surface area contributed by atoms with Crippen molar-refractivity contribution in [3.63, 3.8) is 0 Å². The first kappa shape index (κ1) is 80.0. The second-order valence-corrected chi connectivity index (χ2v) is 27.2. The van der Waals surface area contributed by atoms with Crippen LogP contribution < -0.4 is 46.9 Å². The molecule has 0 bridgehead atoms. The Kier molecular flexibility index (Phi) is 24.8. The second-order valence-electron chi connectivity index (χ2n) is 27.2. The molecular formula is C78H88N15O19+. The van der Waals surface area contributed by atoms with E-state index in [1.807, 2.05) is 76.5 Å². The van der Waals surface area contributed by atoms with Gasteiger partial charge in [-0.3, -0.25) is 58.4 Å². The molecule has 2 aliphatic rings. The predicted molar refractivity (Wildman–Crippen MR) is 405 cm³/mol. The van der Waals surface area contributed by atoms with Gasteiger partial charge in [-0.1, -0.05) is 60.7 Å². The van der Waals surface area contributed by atoms with Gasteiger partial charge in [-0.25, -0.2) is 19.6 Å². The van der Waals surface area contributed by atoms with E-state index in [9.17, 15) is 47.9 Å². The summed E-state index contributed by atoms with van der Waals surface area (Å²) in [5, 5.41) is 20.4. The summed E-state index contributed by atoms with van der Waals surface area (Å²) in [6.07, 6.45) is -5.58. The average molecular weight is 1540 g/mol. The molecule has 0 radical (unpaired) electrons. The highest BCUT2D eigenvalue weighted by atomic mass is 16.7. The number of fused-ring (bicyclic) bond motifs is 5. The number of imidazole rings is 2. The summed E-state index contributed by atoms with van der Waals surface area (Å²) in [4.78, 5) is 142. The monoisotopic (exact) mass is 1540 g/mol. The van der Waals surface area contributed by atoms with Gasteiger partial charge in [0.1, 0.15) is 52.8 Å². The fourth-order valence-corrected chi connectivity index (χ4v) is 13.7. The molecule has 1 aliphatic carbocycles. The lowest BCUT2D eigenvalue weighted by Crippen LogP contribution is -2.64. The molecule has 34 nitrogen and oxygen atoms in total. The highest BCUT2D eigenvalue weighted by Crippen LogP contribution is 2.45. The van der Waals surface area contributed by atoms with Gasteiger partial charge in [0, 0.05) is 95.0 Å². The van der Waals surface area contributed by atoms with Crippen molar-refractivity contribution in [2.75, 3.05) is 70.6 Å². The quantitative estimate of drug-likeness (QED) is 0.00786. The number of nitrogens with two attached hydrogens (primary N) is 2. The molecule has 0 saturated carbocycles. The van der Waals surface area contributed by atoms with E-state index in [2.05, 4.69) is 31.5 Å². The van der Waals surface area contributed by atoms with Crippen molar-refractivity contribution in [3.8, 4) is 28.4 Å². The van der Waals surface area contributed by atoms with E-state index in [1.54, 1.807) is 62.7 Å². The van der Waals surface area contributed by atoms with Gasteiger partial charge >= 0.3 is 30.0 Å². The minimum atomic E-state index is -1.78. The van der Waals surface area contributed by atoms with E-state index in [4.69, 9.17) is 64.1 Å². The molecule has 9 aromatic rings. The molecule has 112 heavy (non-hydrogen) atoms. The molecule has 11 rings (SSSR count). The maximum Gasteiger partial charge on any atom is 0.407 e. The van der Waals surface area contributed by atoms with Crippen LogP contribution in [0.3, 0.4) is 0 Å². The van der Waals surface area contributed by atoms with Crippen LogP contribution in [0.5, 0.6) is 17.2 Å². The number of carbonyl (C=O) groups excluding carboxylic acids is 10. The number of aromatic nitrogens is 8. The summed E-state index contributed by atoms with van der Waals surface area (Å²) in [5.41, 5.74) is 19.9. The molecule has 6 amide bonds. The maximum atomic E-state index is 14.3. The molecule has 1 saturated heterocycles. The zero-order valence-corrected chi connectivity index (χ0v) is 63.6. The smallest absolute Gasteiger partial charge is 0.407 e. The molecule has 5 atom stereocenters. The van der Waals surface area contributed by atoms with Crippen molar-refractivity contribution in [2.45, 2.75) is 131 Å². The number of quaternary nitrogens is 1. The zero-order valence-electron chi connectivity index (χ0n) is 63.6. The molecule has 1 fully saturated rings. The number of alkyl carbamates (subject to hydrolysis) is 1. The Morgan fingerprint density at radius 1 is 0.634 bits per heavy atom. The number of hydrogen-bond donors (Lipinski definition) is 6. The number of allylic oxidation sites excluding steroid dienone is 2. The minimum absolute atomic E-state index is 0.0121. The highest BCUT2D eigenvalue weighted by molar-refractivity contribution is 6.06. The third kappa shape index (κ3) is 18.3. The molecule has 8 N–H and O–H groups in total. The van der Waals surface area contributed by atoms with Crippen LogP contribution in [0.1, 0.15) is 123 Å². The van der Waals surface area contributed by atoms with Crippen LogP contribution in [0.15, 0.2) is 115 Å². The van der Waals surface area contributed by atoms with Gasteiger partial charge in [0.25, 0.3) is 11.8 Å². The number of amides is 6. The van der Waals surface area contributed by atoms with Crippen LogP contribution >= 0.6 is 0 Å². The number of aryl methyl sites for hydroxylation is 4. The molecule has 0 unspecified atom stereocenters. The lowest BCUT2D eigenvalue weighted by molar-refractivity contribution is -0.903. The standard InChI is InChI=1S/C78H87N15O19/c1-12-91-59(33-42(3)87-91)72(100)85-76-83-57-35-48(70(79)98)37-61(104-10)64(57)89(76)29-18-19-30-90-65-58(84-77(90)86-73(101)60-34-43(4)88-92(60)13-2)36-49(71(80)99)38-62(65)106-32-20-31-93(8,9)40-47-25-26-50(111-75-69(110-46(7)96)67(109-45(6)95)66(108-44(5)94)68(112-75)74(102)105-11)39-56(47)82-63(97)27-28-81-78(103)107-41-55-53-23-16-14-21-51(53)52-22-15-17-24-54(52)55/h14-19,21-26,33-39,55,66-69,75H,12-13,20,27-32,40-41H2,1-11H3,(H7-,79,80,81,82,83,84,85,86,97,98,99,100,101,103)/p+1/b19-18+/t66-,67-,68-,69+,75+/m0/s1. The zero-order chi connectivity index (χ0) is 80.4. The third-order valence-corrected chi connectivity index (χ3v) is 18.6. The molecule has 5 heterocycles. The average Bonchev–Trinajstić information content (AvgIpc) is 1.34. The van der Waals surface area contributed by atoms with E-state index in [0.29, 0.717) is 59.6 Å². The van der Waals surface area contributed by atoms with Crippen molar-refractivity contribution in [2.24, 2.45) is 11.5 Å². The van der Waals surface area contributed by atoms with Crippen molar-refractivity contribution >= 4 is 99.2 Å². The second kappa shape index (κ2) is 34.7. The number of nitrogens with zero attached hydrogens (tertiary/aromatic N) is 9. The number of primary amides is 2. The highest BCUT2D eigenvalue weighted by Gasteiger charge is 2.56. The number of carbonyl (C=O) groups is 10. The number of anilines is 3. The number of rotatable bonds is 32. The minimum Gasteiger partial charge on any atom is -0.494 e. The Morgan fingerprint density at radius 3 is 1.69 bits per heavy atom. The Hall–Kier alpha value is -13.0. The SMILES string of the molecule is CCn1nc(C)cc1C(=O)Nc1nc2cc(C(N)=O)cc(OC)c2n1C/C=C/Cn1c(NC(=O)c2cc(C)nn2CC)nc2cc(C(N)=O)cc(OCCC[N+](C)(C)Cc3ccc(O[C@@H]4O[C@H](C(=O)OC)[C@@H](OC(C)=O)[C@H](OC(C)=O)[C@H]4OC(C)=O)cc3NC(=O)CCNC(=O)OCC3c4ccccc4-c4ccccc43)c21. The normalized spacial score (nSPS) is 15.9. The Bertz CT molecular complexity index is 5120. The summed E-state index contributed by atoms with van der Waals surface area (Å²) >= 11 is 0. The molecule has 0 spiro atoms. The fourth-order valence-electron chi connectivity index (χ4n) is 13.7. The molecule has 5 aromatic carbocycles. The van der Waals surface area contributed by atoms with Gasteiger partial charge in [-0.15, -0.1) is 0 Å². The van der Waals surface area contributed by atoms with Crippen LogP contribution in [-0.4, -0.2) is 188 Å². The summed E-state index contributed by atoms with van der Waals surface area (Å²) in [7, 11) is 6.35. The van der Waals surface area contributed by atoms with Crippen molar-refractivity contribution in [1.29, 1.82) is 0 Å². The maximum absolute atomic E-state index is 14.3. The molecule has 1 aliphatic heterocycles. The van der Waals surface area contributed by atoms with Gasteiger partial charge in [-0.2, -0.15) is 10.2 Å². The number of esters is 4. The van der Waals surface area contributed by atoms with Crippen LogP contribution in [0.2, 0.25) is 0 Å². The number of ether oxygens (including phenoxy) is 9. The first-order valence-electron chi connectivity index (χ1n) is 36.0. The lowest BCUT2D eigenvalue weighted by atomic mass is 9.97. The molecular weight excluding hydrogens is 1450 g/mol. The first-order valence-corrected chi connectivity index (χ1v) is 36.0. The van der Waals surface area contributed by atoms with E-state index in [-0.39, 0.29) is 119 Å². The summed E-state index contributed by atoms with van der Waals surface area (Å²) in [6, 6.07) is 29.7. The van der Waals surface area contributed by atoms with E-state index in [0.717, 1.165) is 50.1 Å². The van der Waals surface area contributed by atoms with Crippen LogP contribution in [0.25, 0.3) is 33.2 Å². The predicted octanol–water partition coefficient (Wildman–Crippen LogP) is 7.39. The van der Waals surface area contributed by atoms with E-state index >= 15 is 0 Å². The van der Waals surface area contributed by atoms with Crippen LogP contribution in [0.4, 0.5) is 22.4 Å². The number of hydrogen-bond acceptors (Lipinski definition) is 23. The van der Waals surface area contributed by atoms with Crippen LogP contribution in [0, 0.1) is 13.8 Å². The van der Waals surface area contributed by atoms with Crippen molar-refractivity contribution in [3.05, 3.63) is 166 Å². The summed E-state index contributed by atoms with van der Waals surface area (Å²) in [5.74, 6) is -6.49. The molecule has 588 valence electrons. The van der Waals surface area contributed by atoms with Gasteiger partial charge in [-0.05, 0) is 98.5 Å². The number of nitrogens with one attached hydrogen (secondary N) is 4. The van der Waals surface area contributed by atoms with Gasteiger partial charge in [0.15, 0.2) is 18.3 Å².